The summed E-state index contributed by atoms with van der Waals surface area (Å²) in [4.78, 5) is 22.3. The van der Waals surface area contributed by atoms with E-state index >= 15 is 0 Å². The van der Waals surface area contributed by atoms with Crippen molar-refractivity contribution in [2.24, 2.45) is 11.5 Å². The van der Waals surface area contributed by atoms with Crippen LogP contribution >= 0.6 is 0 Å². The fraction of sp³-hybridized carbons (Fsp3) is 0.273. The Morgan fingerprint density at radius 3 is 2.69 bits per heavy atom. The third-order valence-electron chi connectivity index (χ3n) is 2.13. The van der Waals surface area contributed by atoms with Crippen LogP contribution in [-0.2, 0) is 4.79 Å². The highest BCUT2D eigenvalue weighted by molar-refractivity contribution is 5.94. The summed E-state index contributed by atoms with van der Waals surface area (Å²) in [7, 11) is 0. The molecule has 1 atom stereocenters. The van der Waals surface area contributed by atoms with E-state index in [2.05, 4.69) is 5.32 Å². The highest BCUT2D eigenvalue weighted by Gasteiger charge is 2.11. The van der Waals surface area contributed by atoms with E-state index in [9.17, 15) is 9.59 Å². The van der Waals surface area contributed by atoms with Crippen molar-refractivity contribution in [1.82, 2.24) is 5.32 Å². The van der Waals surface area contributed by atoms with E-state index in [0.717, 1.165) is 5.56 Å². The van der Waals surface area contributed by atoms with Crippen LogP contribution in [-0.4, -0.2) is 24.4 Å². The Morgan fingerprint density at radius 2 is 2.12 bits per heavy atom. The first kappa shape index (κ1) is 12.2. The average molecular weight is 221 g/mol. The van der Waals surface area contributed by atoms with Gasteiger partial charge in [-0.2, -0.15) is 0 Å². The number of amides is 2. The maximum atomic E-state index is 11.6. The van der Waals surface area contributed by atoms with Gasteiger partial charge in [-0.3, -0.25) is 9.59 Å². The third kappa shape index (κ3) is 3.36. The number of carbonyl (C=O) groups is 2. The minimum atomic E-state index is -0.853. The van der Waals surface area contributed by atoms with Gasteiger partial charge in [0, 0.05) is 12.1 Å². The summed E-state index contributed by atoms with van der Waals surface area (Å²) in [5.74, 6) is -0.898. The number of primary amides is 1. The summed E-state index contributed by atoms with van der Waals surface area (Å²) in [5, 5.41) is 2.54. The molecule has 0 radical (unpaired) electrons. The number of nitrogens with two attached hydrogens (primary N) is 2. The fourth-order valence-corrected chi connectivity index (χ4v) is 1.19. The smallest absolute Gasteiger partial charge is 0.251 e. The molecule has 0 saturated carbocycles. The third-order valence-corrected chi connectivity index (χ3v) is 2.13. The quantitative estimate of drug-likeness (QED) is 0.641. The van der Waals surface area contributed by atoms with Crippen LogP contribution in [0, 0.1) is 6.92 Å². The van der Waals surface area contributed by atoms with Crippen LogP contribution in [0.15, 0.2) is 24.3 Å². The highest BCUT2D eigenvalue weighted by atomic mass is 16.2. The van der Waals surface area contributed by atoms with E-state index in [1.165, 1.54) is 0 Å². The topological polar surface area (TPSA) is 98.2 Å². The Bertz CT molecular complexity index is 404. The van der Waals surface area contributed by atoms with E-state index in [1.54, 1.807) is 18.2 Å². The van der Waals surface area contributed by atoms with Crippen LogP contribution in [0.1, 0.15) is 15.9 Å². The predicted molar refractivity (Wildman–Crippen MR) is 60.7 cm³/mol. The second kappa shape index (κ2) is 5.27. The number of aryl methyl sites for hydroxylation is 1. The first-order valence-electron chi connectivity index (χ1n) is 4.90. The molecule has 1 aromatic carbocycles. The molecule has 0 heterocycles. The maximum absolute atomic E-state index is 11.6. The number of hydrogen-bond acceptors (Lipinski definition) is 3. The molecule has 5 heteroatoms. The molecule has 0 aliphatic carbocycles. The molecule has 16 heavy (non-hydrogen) atoms. The monoisotopic (exact) mass is 221 g/mol. The van der Waals surface area contributed by atoms with Gasteiger partial charge in [-0.05, 0) is 19.1 Å². The summed E-state index contributed by atoms with van der Waals surface area (Å²) in [6.45, 7) is 1.94. The lowest BCUT2D eigenvalue weighted by Crippen LogP contribution is -2.45. The molecule has 0 unspecified atom stereocenters. The van der Waals surface area contributed by atoms with E-state index in [4.69, 9.17) is 11.5 Å². The summed E-state index contributed by atoms with van der Waals surface area (Å²) >= 11 is 0. The molecule has 0 spiro atoms. The zero-order valence-electron chi connectivity index (χ0n) is 9.07. The van der Waals surface area contributed by atoms with Gasteiger partial charge in [0.25, 0.3) is 5.91 Å². The lowest BCUT2D eigenvalue weighted by atomic mass is 10.1. The van der Waals surface area contributed by atoms with Crippen LogP contribution in [0.25, 0.3) is 0 Å². The van der Waals surface area contributed by atoms with Gasteiger partial charge >= 0.3 is 0 Å². The summed E-state index contributed by atoms with van der Waals surface area (Å²) in [5.41, 5.74) is 11.9. The molecule has 5 N–H and O–H groups in total. The molecule has 0 aromatic heterocycles. The van der Waals surface area contributed by atoms with Crippen LogP contribution in [0.3, 0.4) is 0 Å². The van der Waals surface area contributed by atoms with Crippen LogP contribution in [0.5, 0.6) is 0 Å². The number of hydrogen-bond donors (Lipinski definition) is 3. The highest BCUT2D eigenvalue weighted by Crippen LogP contribution is 2.03. The standard InChI is InChI=1S/C11H15N3O2/c1-7-3-2-4-8(5-7)11(16)14-6-9(12)10(13)15/h2-5,9H,6,12H2,1H3,(H2,13,15)(H,14,16)/t9-/m0/s1. The largest absolute Gasteiger partial charge is 0.368 e. The molecular formula is C11H15N3O2. The molecular weight excluding hydrogens is 206 g/mol. The molecule has 86 valence electrons. The van der Waals surface area contributed by atoms with Gasteiger partial charge < -0.3 is 16.8 Å². The minimum absolute atomic E-state index is 0.0438. The molecule has 0 bridgehead atoms. The molecule has 0 saturated heterocycles. The maximum Gasteiger partial charge on any atom is 0.251 e. The van der Waals surface area contributed by atoms with E-state index < -0.39 is 11.9 Å². The van der Waals surface area contributed by atoms with Crippen molar-refractivity contribution in [2.75, 3.05) is 6.54 Å². The molecule has 1 aromatic rings. The molecule has 0 fully saturated rings. The average Bonchev–Trinajstić information content (AvgIpc) is 2.25. The normalized spacial score (nSPS) is 11.9. The van der Waals surface area contributed by atoms with Crippen molar-refractivity contribution in [3.05, 3.63) is 35.4 Å². The molecule has 0 aliphatic rings. The number of carbonyl (C=O) groups excluding carboxylic acids is 2. The molecule has 1 rings (SSSR count). The van der Waals surface area contributed by atoms with Crippen molar-refractivity contribution in [3.8, 4) is 0 Å². The first-order valence-corrected chi connectivity index (χ1v) is 4.90. The number of benzene rings is 1. The van der Waals surface area contributed by atoms with Gasteiger partial charge in [0.05, 0.1) is 0 Å². The van der Waals surface area contributed by atoms with Crippen molar-refractivity contribution in [2.45, 2.75) is 13.0 Å². The van der Waals surface area contributed by atoms with Crippen LogP contribution < -0.4 is 16.8 Å². The second-order valence-corrected chi connectivity index (χ2v) is 3.59. The Morgan fingerprint density at radius 1 is 1.44 bits per heavy atom. The number of nitrogens with one attached hydrogen (secondary N) is 1. The van der Waals surface area contributed by atoms with Crippen molar-refractivity contribution in [3.63, 3.8) is 0 Å². The molecule has 0 aliphatic heterocycles. The van der Waals surface area contributed by atoms with Gasteiger partial charge in [0.2, 0.25) is 5.91 Å². The van der Waals surface area contributed by atoms with Crippen LogP contribution in [0.2, 0.25) is 0 Å². The summed E-state index contributed by atoms with van der Waals surface area (Å²) in [6, 6.07) is 6.28. The Hall–Kier alpha value is -1.88. The van der Waals surface area contributed by atoms with Crippen molar-refractivity contribution >= 4 is 11.8 Å². The van der Waals surface area contributed by atoms with Gasteiger partial charge in [-0.15, -0.1) is 0 Å². The van der Waals surface area contributed by atoms with Gasteiger partial charge in [0.15, 0.2) is 0 Å². The fourth-order valence-electron chi connectivity index (χ4n) is 1.19. The lowest BCUT2D eigenvalue weighted by molar-refractivity contribution is -0.119. The van der Waals surface area contributed by atoms with Gasteiger partial charge in [-0.25, -0.2) is 0 Å². The zero-order valence-corrected chi connectivity index (χ0v) is 9.07. The molecule has 5 nitrogen and oxygen atoms in total. The Kier molecular flexibility index (Phi) is 4.02. The van der Waals surface area contributed by atoms with E-state index in [-0.39, 0.29) is 12.5 Å². The summed E-state index contributed by atoms with van der Waals surface area (Å²) in [6.07, 6.45) is 0. The van der Waals surface area contributed by atoms with Crippen LogP contribution in [0.4, 0.5) is 0 Å². The minimum Gasteiger partial charge on any atom is -0.368 e. The first-order chi connectivity index (χ1) is 7.50. The summed E-state index contributed by atoms with van der Waals surface area (Å²) < 4.78 is 0. The Labute approximate surface area is 93.8 Å². The molecule has 2 amide bonds. The van der Waals surface area contributed by atoms with Gasteiger partial charge in [0.1, 0.15) is 6.04 Å². The lowest BCUT2D eigenvalue weighted by Gasteiger charge is -2.09. The zero-order chi connectivity index (χ0) is 12.1. The predicted octanol–water partition coefficient (Wildman–Crippen LogP) is -0.463. The van der Waals surface area contributed by atoms with Crippen molar-refractivity contribution in [1.29, 1.82) is 0 Å². The van der Waals surface area contributed by atoms with Crippen molar-refractivity contribution < 1.29 is 9.59 Å². The van der Waals surface area contributed by atoms with E-state index in [1.807, 2.05) is 13.0 Å². The van der Waals surface area contributed by atoms with E-state index in [0.29, 0.717) is 5.56 Å². The SMILES string of the molecule is Cc1cccc(C(=O)NC[C@H](N)C(N)=O)c1. The van der Waals surface area contributed by atoms with Gasteiger partial charge in [-0.1, -0.05) is 17.7 Å². The second-order valence-electron chi connectivity index (χ2n) is 3.59. The number of rotatable bonds is 4. The Balaban J connectivity index is 2.56.